The summed E-state index contributed by atoms with van der Waals surface area (Å²) < 4.78 is 8.88. The first-order valence-corrected chi connectivity index (χ1v) is 2.35. The molecule has 0 unspecified atom stereocenters. The fourth-order valence-corrected chi connectivity index (χ4v) is 0. The van der Waals surface area contributed by atoms with Gasteiger partial charge >= 0.3 is 66.0 Å². The van der Waals surface area contributed by atoms with E-state index in [1.807, 2.05) is 0 Å². The van der Waals surface area contributed by atoms with Crippen LogP contribution in [0.3, 0.4) is 0 Å². The van der Waals surface area contributed by atoms with Gasteiger partial charge in [0.05, 0.1) is 0 Å². The van der Waals surface area contributed by atoms with E-state index in [2.05, 4.69) is 0 Å². The predicted octanol–water partition coefficient (Wildman–Crippen LogP) is -1.58. The normalized spacial score (nSPS) is 8.43. The van der Waals surface area contributed by atoms with Crippen LogP contribution in [-0.2, 0) is 26.3 Å². The third-order valence-electron chi connectivity index (χ3n) is 0. The first kappa shape index (κ1) is 16.3. The van der Waals surface area contributed by atoms with E-state index in [1.165, 1.54) is 0 Å². The molecule has 0 aromatic heterocycles. The Hall–Kier alpha value is 2.63. The molecule has 0 aliphatic carbocycles. The molecule has 0 aliphatic rings. The van der Waals surface area contributed by atoms with Gasteiger partial charge in [-0.15, -0.1) is 0 Å². The summed E-state index contributed by atoms with van der Waals surface area (Å²) in [5.41, 5.74) is 0. The van der Waals surface area contributed by atoms with Gasteiger partial charge in [0.1, 0.15) is 0 Å². The Morgan fingerprint density at radius 3 is 1.14 bits per heavy atom. The second-order valence-electron chi connectivity index (χ2n) is 0.513. The molecule has 0 saturated heterocycles. The van der Waals surface area contributed by atoms with Crippen molar-refractivity contribution in [1.29, 1.82) is 0 Å². The minimum absolute atomic E-state index is 0. The molecular formula is H4O4PRbTi. The second kappa shape index (κ2) is 6.75. The summed E-state index contributed by atoms with van der Waals surface area (Å²) in [6.45, 7) is 0. The summed E-state index contributed by atoms with van der Waals surface area (Å²) in [4.78, 5) is 21.6. The van der Waals surface area contributed by atoms with Crippen LogP contribution in [0.1, 0.15) is 0 Å². The largest absolute Gasteiger partial charge is 0 e. The first-order chi connectivity index (χ1) is 2.00. The molecule has 0 bridgehead atoms. The molecule has 38 valence electrons. The minimum atomic E-state index is -4.64. The van der Waals surface area contributed by atoms with E-state index in [1.54, 1.807) is 0 Å². The van der Waals surface area contributed by atoms with Gasteiger partial charge in [-0.2, -0.15) is 0 Å². The molecule has 7 heteroatoms. The molecule has 0 saturated carbocycles. The summed E-state index contributed by atoms with van der Waals surface area (Å²) in [6.07, 6.45) is 0. The van der Waals surface area contributed by atoms with E-state index in [0.717, 1.165) is 0 Å². The van der Waals surface area contributed by atoms with Gasteiger partial charge in [-0.25, -0.2) is 4.57 Å². The summed E-state index contributed by atoms with van der Waals surface area (Å²) >= 11 is 0. The van der Waals surface area contributed by atoms with Gasteiger partial charge in [0, 0.05) is 21.7 Å². The van der Waals surface area contributed by atoms with Gasteiger partial charge in [0.15, 0.2) is 0 Å². The van der Waals surface area contributed by atoms with Crippen LogP contribution in [0.2, 0.25) is 0 Å². The van der Waals surface area contributed by atoms with Crippen LogP contribution < -0.4 is 0 Å². The standard InChI is InChI=1S/H3O4P.Rb.Ti.H/c1-5(2,3)4;;;/h(H3,1,2,3,4);;;. The Bertz CT molecular complexity index is 57.8. The number of hydrogen-bond donors (Lipinski definition) is 3. The Kier molecular flexibility index (Phi) is 15.7. The van der Waals surface area contributed by atoms with Crippen LogP contribution in [0.5, 0.6) is 0 Å². The number of phosphoric acid groups is 1. The van der Waals surface area contributed by atoms with Gasteiger partial charge in [-0.1, -0.05) is 0 Å². The fraction of sp³-hybridized carbons (Fsp3) is 0. The average Bonchev–Trinajstić information content (AvgIpc) is 0.722. The molecule has 7 heavy (non-hydrogen) atoms. The quantitative estimate of drug-likeness (QED) is 0.348. The van der Waals surface area contributed by atoms with Crippen LogP contribution in [-0.4, -0.2) is 72.9 Å². The monoisotopic (exact) mass is 232 g/mol. The molecule has 0 amide bonds. The fourth-order valence-electron chi connectivity index (χ4n) is 0. The number of hydrogen-bond acceptors (Lipinski definition) is 1. The Balaban J connectivity index is -0.0000000800. The van der Waals surface area contributed by atoms with Crippen molar-refractivity contribution in [2.45, 2.75) is 0 Å². The molecule has 0 atom stereocenters. The molecule has 0 spiro atoms. The van der Waals surface area contributed by atoms with E-state index < -0.39 is 7.82 Å². The van der Waals surface area contributed by atoms with Gasteiger partial charge < -0.3 is 14.7 Å². The van der Waals surface area contributed by atoms with Gasteiger partial charge in [-0.3, -0.25) is 0 Å². The molecule has 0 heterocycles. The van der Waals surface area contributed by atoms with E-state index in [-0.39, 0.29) is 79.9 Å². The van der Waals surface area contributed by atoms with Gasteiger partial charge in [0.2, 0.25) is 0 Å². The van der Waals surface area contributed by atoms with Crippen molar-refractivity contribution in [2.24, 2.45) is 0 Å². The van der Waals surface area contributed by atoms with Crippen molar-refractivity contribution >= 4 is 66.0 Å². The second-order valence-corrected chi connectivity index (χ2v) is 1.54. The predicted molar refractivity (Wildman–Crippen MR) is 21.4 cm³/mol. The smallest absolute Gasteiger partial charge is 0 e. The third-order valence-corrected chi connectivity index (χ3v) is 0. The molecule has 0 radical (unpaired) electrons. The van der Waals surface area contributed by atoms with Crippen LogP contribution in [0.4, 0.5) is 0 Å². The maximum atomic E-state index is 8.88. The summed E-state index contributed by atoms with van der Waals surface area (Å²) in [6, 6.07) is 0. The van der Waals surface area contributed by atoms with E-state index in [4.69, 9.17) is 19.2 Å². The van der Waals surface area contributed by atoms with Crippen molar-refractivity contribution < 1.29 is 41.0 Å². The summed E-state index contributed by atoms with van der Waals surface area (Å²) in [5, 5.41) is 0. The minimum Gasteiger partial charge on any atom is 0 e. The van der Waals surface area contributed by atoms with E-state index in [9.17, 15) is 0 Å². The van der Waals surface area contributed by atoms with Crippen LogP contribution in [0.15, 0.2) is 0 Å². The topological polar surface area (TPSA) is 77.8 Å². The van der Waals surface area contributed by atoms with Crippen molar-refractivity contribution in [3.05, 3.63) is 0 Å². The Morgan fingerprint density at radius 1 is 1.14 bits per heavy atom. The van der Waals surface area contributed by atoms with E-state index in [0.29, 0.717) is 0 Å². The molecule has 0 aromatic rings. The SMILES string of the molecule is O=P(O)(O)O.[RbH].[Ti]. The summed E-state index contributed by atoms with van der Waals surface area (Å²) in [7, 11) is -4.64. The van der Waals surface area contributed by atoms with Crippen molar-refractivity contribution in [2.75, 3.05) is 0 Å². The molecule has 4 nitrogen and oxygen atoms in total. The zero-order valence-corrected chi connectivity index (χ0v) is 5.15. The molecule has 0 fully saturated rings. The zero-order valence-electron chi connectivity index (χ0n) is 2.70. The van der Waals surface area contributed by atoms with Crippen LogP contribution in [0.25, 0.3) is 0 Å². The molecular weight excluding hydrogens is 228 g/mol. The van der Waals surface area contributed by atoms with Crippen LogP contribution in [0, 0.1) is 0 Å². The molecule has 3 N–H and O–H groups in total. The third kappa shape index (κ3) is 54.9. The number of rotatable bonds is 0. The van der Waals surface area contributed by atoms with E-state index >= 15 is 0 Å². The maximum absolute atomic E-state index is 8.88. The van der Waals surface area contributed by atoms with Gasteiger partial charge in [-0.05, 0) is 0 Å². The maximum Gasteiger partial charge on any atom is 0 e. The van der Waals surface area contributed by atoms with Crippen LogP contribution >= 0.6 is 7.82 Å². The molecule has 0 aliphatic heterocycles. The molecule has 0 aromatic carbocycles. The van der Waals surface area contributed by atoms with Crippen molar-refractivity contribution in [1.82, 2.24) is 0 Å². The molecule has 0 rings (SSSR count). The Labute approximate surface area is 105 Å². The first-order valence-electron chi connectivity index (χ1n) is 0.783. The van der Waals surface area contributed by atoms with Crippen molar-refractivity contribution in [3.8, 4) is 0 Å². The zero-order chi connectivity index (χ0) is 4.50. The summed E-state index contributed by atoms with van der Waals surface area (Å²) in [5.74, 6) is 0. The Morgan fingerprint density at radius 2 is 1.14 bits per heavy atom. The van der Waals surface area contributed by atoms with Gasteiger partial charge in [0.25, 0.3) is 0 Å². The van der Waals surface area contributed by atoms with Crippen molar-refractivity contribution in [3.63, 3.8) is 0 Å². The average molecular weight is 232 g/mol.